The zero-order valence-corrected chi connectivity index (χ0v) is 44.6. The molecule has 2 N–H and O–H groups in total. The molecule has 2 aromatic heterocycles. The Hall–Kier alpha value is -6.50. The number of pyridine rings is 2. The molecule has 2 atom stereocenters. The Balaban J connectivity index is 0.00000446. The van der Waals surface area contributed by atoms with Gasteiger partial charge in [-0.15, -0.1) is 0 Å². The molecule has 0 amide bonds. The monoisotopic (exact) mass is 1080 g/mol. The zero-order valence-electron chi connectivity index (χ0n) is 41.1. The van der Waals surface area contributed by atoms with Gasteiger partial charge in [-0.1, -0.05) is 72.4 Å². The van der Waals surface area contributed by atoms with E-state index >= 15 is 0 Å². The number of nitrogens with zero attached hydrogens (tertiary/aromatic N) is 6. The lowest BCUT2D eigenvalue weighted by molar-refractivity contribution is -0.145. The summed E-state index contributed by atoms with van der Waals surface area (Å²) < 4.78 is 25.6. The first kappa shape index (κ1) is 56.8. The number of carboxylic acid groups (broad SMARTS) is 2. The summed E-state index contributed by atoms with van der Waals surface area (Å²) in [6.45, 7) is 6.60. The first-order valence-corrected chi connectivity index (χ1v) is 24.6. The molecule has 0 radical (unpaired) electrons. The summed E-state index contributed by atoms with van der Waals surface area (Å²) in [6, 6.07) is 25.6. The van der Waals surface area contributed by atoms with Crippen LogP contribution in [-0.2, 0) is 49.1 Å². The smallest absolute Gasteiger partial charge is 0.320 e. The number of nitriles is 2. The molecule has 2 aliphatic heterocycles. The molecule has 0 aliphatic carbocycles. The number of carboxylic acids is 2. The van der Waals surface area contributed by atoms with Gasteiger partial charge in [-0.3, -0.25) is 29.4 Å². The van der Waals surface area contributed by atoms with Crippen molar-refractivity contribution < 1.29 is 38.7 Å². The van der Waals surface area contributed by atoms with Crippen LogP contribution >= 0.6 is 50.2 Å². The first-order chi connectivity index (χ1) is 34.9. The number of halogens is 2. The largest absolute Gasteiger partial charge is 0.488 e. The zero-order chi connectivity index (χ0) is 50.7. The van der Waals surface area contributed by atoms with Gasteiger partial charge in [-0.05, 0) is 110 Å². The Morgan fingerprint density at radius 1 is 0.581 bits per heavy atom. The highest BCUT2D eigenvalue weighted by Crippen LogP contribution is 2.39. The second-order valence-corrected chi connectivity index (χ2v) is 19.0. The summed E-state index contributed by atoms with van der Waals surface area (Å²) in [7, 11) is 0. The third-order valence-corrected chi connectivity index (χ3v) is 14.0. The molecule has 386 valence electrons. The van der Waals surface area contributed by atoms with Crippen molar-refractivity contribution in [1.82, 2.24) is 19.8 Å². The number of aliphatic carboxylic acids is 2. The molecule has 0 bridgehead atoms. The van der Waals surface area contributed by atoms with Crippen LogP contribution in [0.4, 0.5) is 0 Å². The standard InChI is InChI=1S/C56H54Cl2N6O8.2H2S/c1-35-41(33-71-53-21-51(69-31-39-17-37(23-59)25-61-27-39)43(19-47(53)57)29-63-15-5-3-13-49(63)55(65)66)9-7-11-45(35)46-12-8-10-42(36(46)2)34-72-54-22-52(70-32-40-18-38(24-60)26-62-28-40)44(20-48(54)58)30-64-16-6-4-14-50(64)56(67)68;;/h7-12,17-22,25-28,49-50H,3-6,13-16,29-34H2,1-2H3,(H,65,66)(H,67,68);2*1H2/t49-,50-;;/m0../s1. The molecule has 2 saturated heterocycles. The highest BCUT2D eigenvalue weighted by atomic mass is 35.5. The van der Waals surface area contributed by atoms with Crippen molar-refractivity contribution in [2.45, 2.75) is 104 Å². The number of hydrogen-bond acceptors (Lipinski definition) is 12. The summed E-state index contributed by atoms with van der Waals surface area (Å²) in [5, 5.41) is 39.6. The lowest BCUT2D eigenvalue weighted by atomic mass is 9.92. The normalized spacial score (nSPS) is 15.6. The van der Waals surface area contributed by atoms with Crippen molar-refractivity contribution in [2.24, 2.45) is 0 Å². The third-order valence-electron chi connectivity index (χ3n) is 13.4. The fourth-order valence-electron chi connectivity index (χ4n) is 9.40. The SMILES string of the molecule is Cc1c(COc2cc(OCc3cncc(C#N)c3)c(CN3CCCC[C@H]3C(=O)O)cc2Cl)cccc1-c1cccc(COc2cc(OCc3cncc(C#N)c3)c(CN3CCCC[C@H]3C(=O)O)cc2Cl)c1C.S.S. The summed E-state index contributed by atoms with van der Waals surface area (Å²) in [4.78, 5) is 36.6. The van der Waals surface area contributed by atoms with Crippen molar-refractivity contribution >= 4 is 62.1 Å². The number of aromatic nitrogens is 2. The Morgan fingerprint density at radius 3 is 1.38 bits per heavy atom. The molecule has 0 saturated carbocycles. The van der Waals surface area contributed by atoms with Gasteiger partial charge in [-0.25, -0.2) is 0 Å². The molecule has 6 aromatic rings. The van der Waals surface area contributed by atoms with Gasteiger partial charge < -0.3 is 29.2 Å². The lowest BCUT2D eigenvalue weighted by Gasteiger charge is -2.33. The maximum atomic E-state index is 12.2. The van der Waals surface area contributed by atoms with Crippen LogP contribution in [0.3, 0.4) is 0 Å². The molecule has 18 heteroatoms. The number of hydrogen-bond donors (Lipinski definition) is 2. The summed E-state index contributed by atoms with van der Waals surface area (Å²) in [5.41, 5.74) is 9.55. The van der Waals surface area contributed by atoms with Crippen LogP contribution < -0.4 is 18.9 Å². The van der Waals surface area contributed by atoms with E-state index < -0.39 is 24.0 Å². The van der Waals surface area contributed by atoms with E-state index in [4.69, 9.17) is 42.1 Å². The minimum atomic E-state index is -0.860. The van der Waals surface area contributed by atoms with Gasteiger partial charge >= 0.3 is 11.9 Å². The first-order valence-electron chi connectivity index (χ1n) is 23.8. The Morgan fingerprint density at radius 2 is 0.986 bits per heavy atom. The maximum Gasteiger partial charge on any atom is 0.320 e. The molecular weight excluding hydrogens is 1020 g/mol. The van der Waals surface area contributed by atoms with Crippen LogP contribution in [0.2, 0.25) is 10.0 Å². The molecule has 14 nitrogen and oxygen atoms in total. The van der Waals surface area contributed by atoms with E-state index in [0.29, 0.717) is 94.3 Å². The predicted octanol–water partition coefficient (Wildman–Crippen LogP) is 11.2. The van der Waals surface area contributed by atoms with Crippen molar-refractivity contribution in [2.75, 3.05) is 13.1 Å². The fraction of sp³-hybridized carbons (Fsp3) is 0.321. The number of ether oxygens (including phenoxy) is 4. The van der Waals surface area contributed by atoms with Crippen LogP contribution in [0.5, 0.6) is 23.0 Å². The summed E-state index contributed by atoms with van der Waals surface area (Å²) >= 11 is 13.9. The van der Waals surface area contributed by atoms with Crippen molar-refractivity contribution in [3.63, 3.8) is 0 Å². The minimum absolute atomic E-state index is 0. The quantitative estimate of drug-likeness (QED) is 0.0778. The Bertz CT molecular complexity index is 2860. The topological polar surface area (TPSA) is 191 Å². The Kier molecular flexibility index (Phi) is 20.4. The van der Waals surface area contributed by atoms with Crippen LogP contribution in [0.1, 0.15) is 94.2 Å². The average Bonchev–Trinajstić information content (AvgIpc) is 3.38. The molecule has 2 fully saturated rings. The van der Waals surface area contributed by atoms with Gasteiger partial charge in [0.1, 0.15) is 73.6 Å². The van der Waals surface area contributed by atoms with Gasteiger partial charge in [0.25, 0.3) is 0 Å². The molecule has 74 heavy (non-hydrogen) atoms. The fourth-order valence-corrected chi connectivity index (χ4v) is 9.88. The van der Waals surface area contributed by atoms with E-state index in [1.807, 2.05) is 34.1 Å². The van der Waals surface area contributed by atoms with E-state index in [9.17, 15) is 30.3 Å². The second kappa shape index (κ2) is 26.6. The Labute approximate surface area is 455 Å². The third kappa shape index (κ3) is 14.0. The second-order valence-electron chi connectivity index (χ2n) is 18.1. The highest BCUT2D eigenvalue weighted by Gasteiger charge is 2.31. The van der Waals surface area contributed by atoms with Gasteiger partial charge in [-0.2, -0.15) is 37.5 Å². The van der Waals surface area contributed by atoms with Gasteiger partial charge in [0.05, 0.1) is 21.2 Å². The van der Waals surface area contributed by atoms with Gasteiger partial charge in [0, 0.05) is 72.3 Å². The van der Waals surface area contributed by atoms with Crippen LogP contribution in [0.15, 0.2) is 97.6 Å². The molecule has 4 heterocycles. The molecule has 0 spiro atoms. The number of benzene rings is 4. The van der Waals surface area contributed by atoms with Crippen molar-refractivity contribution in [1.29, 1.82) is 10.5 Å². The molecule has 8 rings (SSSR count). The molecule has 2 aliphatic rings. The van der Waals surface area contributed by atoms with Crippen LogP contribution in [-0.4, -0.2) is 67.1 Å². The number of piperidine rings is 2. The molecule has 4 aromatic carbocycles. The van der Waals surface area contributed by atoms with Gasteiger partial charge in [0.2, 0.25) is 0 Å². The van der Waals surface area contributed by atoms with E-state index in [-0.39, 0.29) is 53.4 Å². The molecular formula is C56H58Cl2N6O8S2. The lowest BCUT2D eigenvalue weighted by Crippen LogP contribution is -2.44. The van der Waals surface area contributed by atoms with Crippen LogP contribution in [0, 0.1) is 36.5 Å². The minimum Gasteiger partial charge on any atom is -0.488 e. The van der Waals surface area contributed by atoms with Crippen molar-refractivity contribution in [3.8, 4) is 46.3 Å². The summed E-state index contributed by atoms with van der Waals surface area (Å²) in [6.07, 6.45) is 10.8. The number of rotatable bonds is 19. The number of likely N-dealkylation sites (tertiary alicyclic amines) is 2. The van der Waals surface area contributed by atoms with Gasteiger partial charge in [0.15, 0.2) is 0 Å². The van der Waals surface area contributed by atoms with E-state index in [1.54, 1.807) is 48.8 Å². The highest BCUT2D eigenvalue weighted by molar-refractivity contribution is 7.59. The molecule has 0 unspecified atom stereocenters. The van der Waals surface area contributed by atoms with E-state index in [1.165, 1.54) is 12.4 Å². The average molecular weight is 1080 g/mol. The van der Waals surface area contributed by atoms with Crippen LogP contribution in [0.25, 0.3) is 11.1 Å². The summed E-state index contributed by atoms with van der Waals surface area (Å²) in [5.74, 6) is 0.0453. The van der Waals surface area contributed by atoms with E-state index in [2.05, 4.69) is 48.1 Å². The maximum absolute atomic E-state index is 12.2. The number of carbonyl (C=O) groups is 2. The van der Waals surface area contributed by atoms with Crippen molar-refractivity contribution in [3.05, 3.63) is 163 Å². The van der Waals surface area contributed by atoms with E-state index in [0.717, 1.165) is 70.2 Å². The predicted molar refractivity (Wildman–Crippen MR) is 292 cm³/mol.